The number of aryl methyl sites for hydroxylation is 1. The number of esters is 1. The number of carbonyl (C=O) groups excluding carboxylic acids is 4. The van der Waals surface area contributed by atoms with Crippen LogP contribution in [-0.4, -0.2) is 101 Å². The lowest BCUT2D eigenvalue weighted by Gasteiger charge is -2.64. The second-order valence-corrected chi connectivity index (χ2v) is 19.7. The molecule has 2 bridgehead atoms. The maximum Gasteiger partial charge on any atom is 0.514 e. The molecule has 0 spiro atoms. The first kappa shape index (κ1) is 41.1. The molecule has 6 aliphatic rings. The molecular weight excluding hydrogens is 707 g/mol. The lowest BCUT2D eigenvalue weighted by atomic mass is 9.43. The van der Waals surface area contributed by atoms with Crippen molar-refractivity contribution >= 4 is 31.2 Å². The minimum Gasteiger partial charge on any atom is -0.486 e. The monoisotopic (exact) mass is 768 g/mol. The van der Waals surface area contributed by atoms with Crippen molar-refractivity contribution in [2.24, 2.45) is 17.3 Å². The number of amides is 2. The van der Waals surface area contributed by atoms with E-state index in [1.54, 1.807) is 79.3 Å². The third-order valence-electron chi connectivity index (χ3n) is 11.6. The summed E-state index contributed by atoms with van der Waals surface area (Å²) >= 11 is 0. The van der Waals surface area contributed by atoms with Crippen molar-refractivity contribution < 1.29 is 52.2 Å². The Labute approximate surface area is 326 Å². The molecule has 1 aromatic rings. The maximum absolute atomic E-state index is 14.0. The molecule has 3 saturated carbocycles. The molecule has 0 N–H and O–H groups in total. The average Bonchev–Trinajstić information content (AvgIpc) is 3.63. The van der Waals surface area contributed by atoms with Crippen LogP contribution in [0, 0.1) is 17.3 Å². The summed E-state index contributed by atoms with van der Waals surface area (Å²) < 4.78 is 42.4. The minimum absolute atomic E-state index is 0.0165. The molecule has 1 aromatic carbocycles. The van der Waals surface area contributed by atoms with Gasteiger partial charge in [-0.2, -0.15) is 0 Å². The highest BCUT2D eigenvalue weighted by Gasteiger charge is 2.67. The number of hydrogen-bond donors (Lipinski definition) is 0. The molecule has 55 heavy (non-hydrogen) atoms. The van der Waals surface area contributed by atoms with Crippen molar-refractivity contribution in [3.8, 4) is 11.5 Å². The zero-order chi connectivity index (χ0) is 40.5. The smallest absolute Gasteiger partial charge is 0.486 e. The summed E-state index contributed by atoms with van der Waals surface area (Å²) in [5.41, 5.74) is -2.07. The second kappa shape index (κ2) is 14.5. The fraction of sp³-hybridized carbons (Fsp3) is 0.756. The molecule has 7 rings (SSSR count). The molecule has 3 aliphatic carbocycles. The Kier molecular flexibility index (Phi) is 10.8. The molecule has 304 valence electrons. The van der Waals surface area contributed by atoms with E-state index in [9.17, 15) is 19.2 Å². The molecule has 3 heterocycles. The summed E-state index contributed by atoms with van der Waals surface area (Å²) in [6, 6.07) is 2.83. The van der Waals surface area contributed by atoms with Gasteiger partial charge in [0, 0.05) is 6.54 Å². The van der Waals surface area contributed by atoms with Gasteiger partial charge in [-0.15, -0.1) is 0 Å². The first-order valence-corrected chi connectivity index (χ1v) is 19.9. The van der Waals surface area contributed by atoms with E-state index in [4.69, 9.17) is 33.0 Å². The van der Waals surface area contributed by atoms with Crippen molar-refractivity contribution in [3.05, 3.63) is 23.3 Å². The Balaban J connectivity index is 1.22. The van der Waals surface area contributed by atoms with Gasteiger partial charge in [0.1, 0.15) is 40.3 Å². The van der Waals surface area contributed by atoms with Crippen molar-refractivity contribution in [2.45, 2.75) is 162 Å². The maximum atomic E-state index is 14.0. The quantitative estimate of drug-likeness (QED) is 0.115. The van der Waals surface area contributed by atoms with Gasteiger partial charge in [0.25, 0.3) is 0 Å². The molecule has 0 aromatic heterocycles. The van der Waals surface area contributed by atoms with Crippen LogP contribution in [0.5, 0.6) is 11.5 Å². The van der Waals surface area contributed by atoms with Crippen LogP contribution in [0.3, 0.4) is 0 Å². The van der Waals surface area contributed by atoms with Crippen LogP contribution in [-0.2, 0) is 34.7 Å². The number of nitrogens with zero attached hydrogens (tertiary/aromatic N) is 2. The number of likely N-dealkylation sites (tertiary alicyclic amines) is 2. The fourth-order valence-electron chi connectivity index (χ4n) is 8.89. The van der Waals surface area contributed by atoms with Gasteiger partial charge >= 0.3 is 25.3 Å². The van der Waals surface area contributed by atoms with Crippen molar-refractivity contribution in [1.82, 2.24) is 9.80 Å². The summed E-state index contributed by atoms with van der Waals surface area (Å²) in [5, 5.41) is 0. The number of hydrogen-bond acceptors (Lipinski definition) is 11. The zero-order valence-corrected chi connectivity index (χ0v) is 34.9. The highest BCUT2D eigenvalue weighted by molar-refractivity contribution is 6.45. The van der Waals surface area contributed by atoms with Crippen LogP contribution in [0.1, 0.15) is 125 Å². The molecule has 13 nitrogen and oxygen atoms in total. The van der Waals surface area contributed by atoms with Crippen LogP contribution in [0.25, 0.3) is 0 Å². The lowest BCUT2D eigenvalue weighted by molar-refractivity contribution is -0.199. The van der Waals surface area contributed by atoms with Crippen LogP contribution in [0.15, 0.2) is 12.1 Å². The summed E-state index contributed by atoms with van der Waals surface area (Å²) in [6.07, 6.45) is 2.24. The predicted octanol–water partition coefficient (Wildman–Crippen LogP) is 7.22. The lowest BCUT2D eigenvalue weighted by Crippen LogP contribution is -2.65. The van der Waals surface area contributed by atoms with Gasteiger partial charge in [0.15, 0.2) is 5.75 Å². The Morgan fingerprint density at radius 3 is 2.16 bits per heavy atom. The van der Waals surface area contributed by atoms with E-state index in [1.165, 1.54) is 4.90 Å². The molecular formula is C41H61BN2O11. The Bertz CT molecular complexity index is 1670. The van der Waals surface area contributed by atoms with Gasteiger partial charge in [-0.1, -0.05) is 19.9 Å². The SMILES string of the molecule is CC(C)(C)OC(=O)Oc1c(CCB2O[C@@H]3C[C@@H]4C[C@@H](C4(C)C)[C@]3(C)O2)ccc(OC2CN(C(=O)[C@@H]3CCCN3C(=O)OC(C)(C)C)C2)c1C(=O)OC(C)(C)C. The molecule has 0 unspecified atom stereocenters. The highest BCUT2D eigenvalue weighted by Crippen LogP contribution is 2.65. The van der Waals surface area contributed by atoms with Crippen LogP contribution >= 0.6 is 0 Å². The van der Waals surface area contributed by atoms with Crippen LogP contribution in [0.4, 0.5) is 9.59 Å². The Morgan fingerprint density at radius 2 is 1.55 bits per heavy atom. The third-order valence-corrected chi connectivity index (χ3v) is 11.6. The number of benzene rings is 1. The van der Waals surface area contributed by atoms with E-state index in [-0.39, 0.29) is 53.2 Å². The minimum atomic E-state index is -0.976. The summed E-state index contributed by atoms with van der Waals surface area (Å²) in [6.45, 7) is 23.6. The van der Waals surface area contributed by atoms with E-state index in [0.717, 1.165) is 12.8 Å². The molecule has 3 aliphatic heterocycles. The van der Waals surface area contributed by atoms with Crippen LogP contribution < -0.4 is 9.47 Å². The topological polar surface area (TPSA) is 139 Å². The molecule has 6 fully saturated rings. The third kappa shape index (κ3) is 8.75. The predicted molar refractivity (Wildman–Crippen MR) is 204 cm³/mol. The molecule has 2 amide bonds. The fourth-order valence-corrected chi connectivity index (χ4v) is 8.89. The highest BCUT2D eigenvalue weighted by atomic mass is 16.7. The molecule has 5 atom stereocenters. The number of rotatable bonds is 8. The van der Waals surface area contributed by atoms with Gasteiger partial charge in [0.2, 0.25) is 5.91 Å². The summed E-state index contributed by atoms with van der Waals surface area (Å²) in [4.78, 5) is 56.8. The Morgan fingerprint density at radius 1 is 0.891 bits per heavy atom. The van der Waals surface area contributed by atoms with E-state index in [0.29, 0.717) is 49.5 Å². The number of carbonyl (C=O) groups is 4. The summed E-state index contributed by atoms with van der Waals surface area (Å²) in [7, 11) is -0.468. The molecule has 0 radical (unpaired) electrons. The van der Waals surface area contributed by atoms with E-state index in [2.05, 4.69) is 20.8 Å². The first-order valence-electron chi connectivity index (χ1n) is 19.9. The van der Waals surface area contributed by atoms with Gasteiger partial charge in [-0.25, -0.2) is 14.4 Å². The molecule has 14 heteroatoms. The van der Waals surface area contributed by atoms with Gasteiger partial charge < -0.3 is 37.9 Å². The van der Waals surface area contributed by atoms with Crippen molar-refractivity contribution in [1.29, 1.82) is 0 Å². The normalized spacial score (nSPS) is 27.5. The van der Waals surface area contributed by atoms with Gasteiger partial charge in [-0.3, -0.25) is 9.69 Å². The van der Waals surface area contributed by atoms with E-state index < -0.39 is 54.3 Å². The largest absolute Gasteiger partial charge is 0.514 e. The Hall–Kier alpha value is -3.52. The number of ether oxygens (including phenoxy) is 5. The zero-order valence-electron chi connectivity index (χ0n) is 34.9. The van der Waals surface area contributed by atoms with E-state index in [1.807, 2.05) is 0 Å². The van der Waals surface area contributed by atoms with Gasteiger partial charge in [-0.05, 0) is 137 Å². The standard InChI is InChI=1S/C41H61BN2O11/c1-37(2,3)51-34(46)31-28(49-26-22-43(23-26)33(45)27-14-13-19-44(27)35(47)52-38(4,5)6)16-15-24(32(31)50-36(48)53-39(7,8)9)17-18-42-54-30-21-25-20-29(40(25,10)11)41(30,12)55-42/h15-16,25-27,29-30H,13-14,17-23H2,1-12H3/t25-,27-,29-,30+,41-/m0/s1. The summed E-state index contributed by atoms with van der Waals surface area (Å²) in [5.74, 6) is 0.255. The van der Waals surface area contributed by atoms with Crippen molar-refractivity contribution in [2.75, 3.05) is 19.6 Å². The molecule has 3 saturated heterocycles. The van der Waals surface area contributed by atoms with Gasteiger partial charge in [0.05, 0.1) is 24.8 Å². The average molecular weight is 769 g/mol. The second-order valence-electron chi connectivity index (χ2n) is 19.7. The van der Waals surface area contributed by atoms with Crippen molar-refractivity contribution in [3.63, 3.8) is 0 Å². The van der Waals surface area contributed by atoms with Crippen LogP contribution in [0.2, 0.25) is 6.32 Å². The first-order chi connectivity index (χ1) is 25.3. The van der Waals surface area contributed by atoms with E-state index >= 15 is 0 Å².